The van der Waals surface area contributed by atoms with Crippen LogP contribution in [0.25, 0.3) is 0 Å². The van der Waals surface area contributed by atoms with Crippen molar-refractivity contribution in [3.63, 3.8) is 0 Å². The van der Waals surface area contributed by atoms with E-state index in [-0.39, 0.29) is 11.9 Å². The molecule has 0 bridgehead atoms. The van der Waals surface area contributed by atoms with Gasteiger partial charge in [-0.3, -0.25) is 4.79 Å². The molecule has 3 rings (SSSR count). The summed E-state index contributed by atoms with van der Waals surface area (Å²) >= 11 is 0. The van der Waals surface area contributed by atoms with E-state index in [0.717, 1.165) is 38.3 Å². The number of imidazole rings is 1. The molecule has 1 amide bonds. The van der Waals surface area contributed by atoms with E-state index < -0.39 is 0 Å². The Bertz CT molecular complexity index is 501. The van der Waals surface area contributed by atoms with Gasteiger partial charge in [0.25, 0.3) is 0 Å². The highest BCUT2D eigenvalue weighted by atomic mass is 16.1. The van der Waals surface area contributed by atoms with Crippen LogP contribution in [0, 0.1) is 11.8 Å². The number of carbonyl (C=O) groups is 1. The number of aromatic nitrogens is 2. The molecule has 5 nitrogen and oxygen atoms in total. The topological polar surface area (TPSA) is 50.2 Å². The number of nitrogens with zero attached hydrogens (tertiary/aromatic N) is 3. The lowest BCUT2D eigenvalue weighted by Gasteiger charge is -2.31. The van der Waals surface area contributed by atoms with Gasteiger partial charge >= 0.3 is 0 Å². The summed E-state index contributed by atoms with van der Waals surface area (Å²) in [7, 11) is 2.00. The van der Waals surface area contributed by atoms with Crippen molar-refractivity contribution >= 4 is 5.91 Å². The maximum atomic E-state index is 12.4. The van der Waals surface area contributed by atoms with Crippen LogP contribution in [0.5, 0.6) is 0 Å². The molecule has 122 valence electrons. The van der Waals surface area contributed by atoms with E-state index in [2.05, 4.69) is 22.1 Å². The van der Waals surface area contributed by atoms with Gasteiger partial charge in [0.1, 0.15) is 5.82 Å². The molecular weight excluding hydrogens is 276 g/mol. The van der Waals surface area contributed by atoms with Crippen LogP contribution in [-0.2, 0) is 11.8 Å². The Hall–Kier alpha value is -1.36. The summed E-state index contributed by atoms with van der Waals surface area (Å²) in [5.41, 5.74) is 0. The summed E-state index contributed by atoms with van der Waals surface area (Å²) in [5, 5.41) is 3.26. The number of nitrogens with one attached hydrogen (secondary N) is 1. The highest BCUT2D eigenvalue weighted by Gasteiger charge is 2.36. The van der Waals surface area contributed by atoms with E-state index in [9.17, 15) is 4.79 Å². The molecule has 22 heavy (non-hydrogen) atoms. The van der Waals surface area contributed by atoms with E-state index in [1.165, 1.54) is 12.8 Å². The van der Waals surface area contributed by atoms with Crippen LogP contribution >= 0.6 is 0 Å². The number of amides is 1. The summed E-state index contributed by atoms with van der Waals surface area (Å²) in [6, 6.07) is 0.100. The first-order valence-electron chi connectivity index (χ1n) is 8.66. The van der Waals surface area contributed by atoms with Gasteiger partial charge in [-0.15, -0.1) is 0 Å². The minimum Gasteiger partial charge on any atom is -0.346 e. The maximum Gasteiger partial charge on any atom is 0.220 e. The van der Waals surface area contributed by atoms with Crippen LogP contribution < -0.4 is 5.32 Å². The van der Waals surface area contributed by atoms with E-state index >= 15 is 0 Å². The fraction of sp³-hybridized carbons (Fsp3) is 0.765. The summed E-state index contributed by atoms with van der Waals surface area (Å²) in [5.74, 6) is 2.32. The quantitative estimate of drug-likeness (QED) is 0.876. The van der Waals surface area contributed by atoms with Crippen molar-refractivity contribution in [3.8, 4) is 0 Å². The minimum atomic E-state index is 0.100. The molecule has 0 spiro atoms. The molecule has 2 fully saturated rings. The Balaban J connectivity index is 1.53. The molecule has 1 aromatic rings. The SMILES string of the molecule is CCN1CCC(CC(=O)N[C@@H](c2nccn2C)C2CC2)CC1. The third-order valence-corrected chi connectivity index (χ3v) is 5.17. The average Bonchev–Trinajstić information content (AvgIpc) is 3.27. The van der Waals surface area contributed by atoms with Crippen LogP contribution in [0.3, 0.4) is 0 Å². The molecule has 0 radical (unpaired) electrons. The molecular formula is C17H28N4O. The second-order valence-electron chi connectivity index (χ2n) is 6.86. The van der Waals surface area contributed by atoms with Crippen LogP contribution in [0.4, 0.5) is 0 Å². The average molecular weight is 304 g/mol. The fourth-order valence-corrected chi connectivity index (χ4v) is 3.50. The maximum absolute atomic E-state index is 12.4. The van der Waals surface area contributed by atoms with E-state index in [1.54, 1.807) is 0 Å². The van der Waals surface area contributed by atoms with Crippen molar-refractivity contribution < 1.29 is 4.79 Å². The third-order valence-electron chi connectivity index (χ3n) is 5.17. The Labute approximate surface area is 133 Å². The van der Waals surface area contributed by atoms with Crippen LogP contribution in [-0.4, -0.2) is 40.0 Å². The zero-order valence-corrected chi connectivity index (χ0v) is 13.8. The number of rotatable bonds is 6. The van der Waals surface area contributed by atoms with E-state index in [1.807, 2.05) is 24.0 Å². The number of piperidine rings is 1. The van der Waals surface area contributed by atoms with Crippen LogP contribution in [0.15, 0.2) is 12.4 Å². The van der Waals surface area contributed by atoms with Crippen LogP contribution in [0.2, 0.25) is 0 Å². The van der Waals surface area contributed by atoms with Gasteiger partial charge in [0.2, 0.25) is 5.91 Å². The molecule has 2 aliphatic rings. The monoisotopic (exact) mass is 304 g/mol. The molecule has 1 saturated heterocycles. The zero-order valence-electron chi connectivity index (χ0n) is 13.8. The van der Waals surface area contributed by atoms with Crippen molar-refractivity contribution in [2.24, 2.45) is 18.9 Å². The molecule has 0 aromatic carbocycles. The fourth-order valence-electron chi connectivity index (χ4n) is 3.50. The van der Waals surface area contributed by atoms with Crippen molar-refractivity contribution in [1.82, 2.24) is 19.8 Å². The zero-order chi connectivity index (χ0) is 15.5. The molecule has 1 atom stereocenters. The van der Waals surface area contributed by atoms with Gasteiger partial charge in [-0.25, -0.2) is 4.98 Å². The first-order chi connectivity index (χ1) is 10.7. The lowest BCUT2D eigenvalue weighted by atomic mass is 9.93. The molecule has 1 aliphatic carbocycles. The second-order valence-corrected chi connectivity index (χ2v) is 6.86. The minimum absolute atomic E-state index is 0.100. The van der Waals surface area contributed by atoms with Gasteiger partial charge in [-0.05, 0) is 57.2 Å². The summed E-state index contributed by atoms with van der Waals surface area (Å²) in [4.78, 5) is 19.4. The number of likely N-dealkylation sites (tertiary alicyclic amines) is 1. The Morgan fingerprint density at radius 1 is 1.36 bits per heavy atom. The molecule has 1 N–H and O–H groups in total. The van der Waals surface area contributed by atoms with Gasteiger partial charge in [0.15, 0.2) is 0 Å². The van der Waals surface area contributed by atoms with Crippen molar-refractivity contribution in [2.75, 3.05) is 19.6 Å². The predicted molar refractivity (Wildman–Crippen MR) is 86.3 cm³/mol. The van der Waals surface area contributed by atoms with Gasteiger partial charge in [-0.2, -0.15) is 0 Å². The van der Waals surface area contributed by atoms with Gasteiger partial charge in [0, 0.05) is 25.9 Å². The number of hydrogen-bond acceptors (Lipinski definition) is 3. The Morgan fingerprint density at radius 3 is 2.64 bits per heavy atom. The summed E-state index contributed by atoms with van der Waals surface area (Å²) in [6.07, 6.45) is 9.15. The normalized spacial score (nSPS) is 21.7. The lowest BCUT2D eigenvalue weighted by Crippen LogP contribution is -2.37. The van der Waals surface area contributed by atoms with Crippen molar-refractivity contribution in [1.29, 1.82) is 0 Å². The smallest absolute Gasteiger partial charge is 0.220 e. The second kappa shape index (κ2) is 6.82. The van der Waals surface area contributed by atoms with E-state index in [4.69, 9.17) is 0 Å². The number of carbonyl (C=O) groups excluding carboxylic acids is 1. The lowest BCUT2D eigenvalue weighted by molar-refractivity contribution is -0.123. The summed E-state index contributed by atoms with van der Waals surface area (Å²) in [6.45, 7) is 5.61. The highest BCUT2D eigenvalue weighted by Crippen LogP contribution is 2.40. The van der Waals surface area contributed by atoms with Crippen LogP contribution in [0.1, 0.15) is 50.9 Å². The van der Waals surface area contributed by atoms with Gasteiger partial charge < -0.3 is 14.8 Å². The first kappa shape index (κ1) is 15.5. The Kier molecular flexibility index (Phi) is 4.81. The third kappa shape index (κ3) is 3.69. The highest BCUT2D eigenvalue weighted by molar-refractivity contribution is 5.76. The molecule has 1 aromatic heterocycles. The molecule has 1 saturated carbocycles. The van der Waals surface area contributed by atoms with Gasteiger partial charge in [-0.1, -0.05) is 6.92 Å². The van der Waals surface area contributed by atoms with E-state index in [0.29, 0.717) is 18.3 Å². The summed E-state index contributed by atoms with van der Waals surface area (Å²) < 4.78 is 2.03. The number of aryl methyl sites for hydroxylation is 1. The largest absolute Gasteiger partial charge is 0.346 e. The van der Waals surface area contributed by atoms with Crippen molar-refractivity contribution in [3.05, 3.63) is 18.2 Å². The Morgan fingerprint density at radius 2 is 2.09 bits per heavy atom. The van der Waals surface area contributed by atoms with Crippen molar-refractivity contribution in [2.45, 2.75) is 45.1 Å². The molecule has 2 heterocycles. The first-order valence-corrected chi connectivity index (χ1v) is 8.66. The molecule has 0 unspecified atom stereocenters. The molecule has 5 heteroatoms. The standard InChI is InChI=1S/C17H28N4O/c1-3-21-9-6-13(7-10-21)12-15(22)19-16(14-4-5-14)17-18-8-11-20(17)2/h8,11,13-14,16H,3-7,9-10,12H2,1-2H3,(H,19,22)/t16-/m1/s1. The predicted octanol–water partition coefficient (Wildman–Crippen LogP) is 2.11. The number of hydrogen-bond donors (Lipinski definition) is 1. The van der Waals surface area contributed by atoms with Gasteiger partial charge in [0.05, 0.1) is 6.04 Å². The molecule has 1 aliphatic heterocycles.